The van der Waals surface area contributed by atoms with E-state index in [-0.39, 0.29) is 6.61 Å². The molecule has 3 heteroatoms. The van der Waals surface area contributed by atoms with Gasteiger partial charge in [0.15, 0.2) is 5.79 Å². The SMILES string of the molecule is Cc1ccc(C2(CCCCO)OCCO2)cc1. The number of aliphatic hydroxyl groups excluding tert-OH is 1. The van der Waals surface area contributed by atoms with Crippen LogP contribution < -0.4 is 0 Å². The number of aliphatic hydroxyl groups is 1. The Labute approximate surface area is 102 Å². The number of ether oxygens (including phenoxy) is 2. The summed E-state index contributed by atoms with van der Waals surface area (Å²) in [7, 11) is 0. The van der Waals surface area contributed by atoms with Gasteiger partial charge in [0.1, 0.15) is 0 Å². The fraction of sp³-hybridized carbons (Fsp3) is 0.571. The number of hydrogen-bond donors (Lipinski definition) is 1. The molecule has 3 nitrogen and oxygen atoms in total. The third kappa shape index (κ3) is 2.86. The summed E-state index contributed by atoms with van der Waals surface area (Å²) >= 11 is 0. The van der Waals surface area contributed by atoms with E-state index in [1.165, 1.54) is 5.56 Å². The predicted molar refractivity (Wildman–Crippen MR) is 65.7 cm³/mol. The molecule has 0 amide bonds. The summed E-state index contributed by atoms with van der Waals surface area (Å²) in [6.07, 6.45) is 2.50. The smallest absolute Gasteiger partial charge is 0.194 e. The van der Waals surface area contributed by atoms with Gasteiger partial charge in [0.2, 0.25) is 0 Å². The van der Waals surface area contributed by atoms with Crippen molar-refractivity contribution in [3.63, 3.8) is 0 Å². The Kier molecular flexibility index (Phi) is 4.15. The molecule has 0 aliphatic carbocycles. The van der Waals surface area contributed by atoms with Gasteiger partial charge in [-0.2, -0.15) is 0 Å². The predicted octanol–water partition coefficient (Wildman–Crippen LogP) is 2.36. The Hall–Kier alpha value is -0.900. The molecule has 1 aliphatic heterocycles. The Morgan fingerprint density at radius 3 is 2.35 bits per heavy atom. The molecule has 1 aliphatic rings. The molecular formula is C14H20O3. The van der Waals surface area contributed by atoms with Gasteiger partial charge in [0.05, 0.1) is 13.2 Å². The third-order valence-electron chi connectivity index (χ3n) is 3.16. The van der Waals surface area contributed by atoms with Gasteiger partial charge in [-0.15, -0.1) is 0 Å². The van der Waals surface area contributed by atoms with E-state index in [9.17, 15) is 0 Å². The number of aryl methyl sites for hydroxylation is 1. The Morgan fingerprint density at radius 1 is 1.12 bits per heavy atom. The van der Waals surface area contributed by atoms with E-state index in [4.69, 9.17) is 14.6 Å². The average Bonchev–Trinajstić information content (AvgIpc) is 2.80. The van der Waals surface area contributed by atoms with Crippen LogP contribution in [0, 0.1) is 6.92 Å². The van der Waals surface area contributed by atoms with Crippen LogP contribution in [-0.4, -0.2) is 24.9 Å². The van der Waals surface area contributed by atoms with Crippen molar-refractivity contribution in [1.82, 2.24) is 0 Å². The van der Waals surface area contributed by atoms with Crippen LogP contribution in [0.3, 0.4) is 0 Å². The van der Waals surface area contributed by atoms with Gasteiger partial charge < -0.3 is 14.6 Å². The molecule has 1 saturated heterocycles. The van der Waals surface area contributed by atoms with E-state index >= 15 is 0 Å². The lowest BCUT2D eigenvalue weighted by atomic mass is 9.98. The molecule has 0 bridgehead atoms. The van der Waals surface area contributed by atoms with Gasteiger partial charge in [-0.25, -0.2) is 0 Å². The fourth-order valence-electron chi connectivity index (χ4n) is 2.19. The lowest BCUT2D eigenvalue weighted by Gasteiger charge is -2.28. The van der Waals surface area contributed by atoms with E-state index < -0.39 is 5.79 Å². The molecule has 0 spiro atoms. The largest absolute Gasteiger partial charge is 0.396 e. The van der Waals surface area contributed by atoms with Gasteiger partial charge in [-0.1, -0.05) is 29.8 Å². The van der Waals surface area contributed by atoms with Crippen LogP contribution in [0.25, 0.3) is 0 Å². The molecule has 94 valence electrons. The molecule has 17 heavy (non-hydrogen) atoms. The second kappa shape index (κ2) is 5.63. The maximum atomic E-state index is 8.85. The molecule has 1 aromatic carbocycles. The molecule has 0 unspecified atom stereocenters. The Morgan fingerprint density at radius 2 is 1.76 bits per heavy atom. The highest BCUT2D eigenvalue weighted by Crippen LogP contribution is 2.36. The number of unbranched alkanes of at least 4 members (excludes halogenated alkanes) is 1. The van der Waals surface area contributed by atoms with Crippen LogP contribution in [0.2, 0.25) is 0 Å². The van der Waals surface area contributed by atoms with Gasteiger partial charge in [-0.05, 0) is 19.8 Å². The monoisotopic (exact) mass is 236 g/mol. The minimum atomic E-state index is -0.580. The van der Waals surface area contributed by atoms with Gasteiger partial charge in [0, 0.05) is 18.6 Å². The highest BCUT2D eigenvalue weighted by molar-refractivity contribution is 5.25. The van der Waals surface area contributed by atoms with Gasteiger partial charge >= 0.3 is 0 Å². The fourth-order valence-corrected chi connectivity index (χ4v) is 2.19. The summed E-state index contributed by atoms with van der Waals surface area (Å²) < 4.78 is 11.6. The maximum Gasteiger partial charge on any atom is 0.194 e. The summed E-state index contributed by atoms with van der Waals surface area (Å²) in [5.41, 5.74) is 2.32. The van der Waals surface area contributed by atoms with Crippen LogP contribution in [0.4, 0.5) is 0 Å². The van der Waals surface area contributed by atoms with Crippen LogP contribution in [0.15, 0.2) is 24.3 Å². The zero-order valence-electron chi connectivity index (χ0n) is 10.3. The van der Waals surface area contributed by atoms with Crippen LogP contribution in [-0.2, 0) is 15.3 Å². The zero-order chi connectivity index (χ0) is 12.1. The third-order valence-corrected chi connectivity index (χ3v) is 3.16. The second-order valence-corrected chi connectivity index (χ2v) is 4.50. The van der Waals surface area contributed by atoms with Crippen molar-refractivity contribution in [3.8, 4) is 0 Å². The summed E-state index contributed by atoms with van der Waals surface area (Å²) in [4.78, 5) is 0. The number of rotatable bonds is 5. The molecule has 1 N–H and O–H groups in total. The van der Waals surface area contributed by atoms with E-state index in [0.29, 0.717) is 13.2 Å². The highest BCUT2D eigenvalue weighted by atomic mass is 16.7. The maximum absolute atomic E-state index is 8.85. The molecule has 0 radical (unpaired) electrons. The number of hydrogen-bond acceptors (Lipinski definition) is 3. The Balaban J connectivity index is 2.12. The molecule has 1 aromatic rings. The summed E-state index contributed by atoms with van der Waals surface area (Å²) in [5, 5.41) is 8.85. The number of benzene rings is 1. The van der Waals surface area contributed by atoms with Crippen molar-refractivity contribution in [3.05, 3.63) is 35.4 Å². The molecular weight excluding hydrogens is 216 g/mol. The summed E-state index contributed by atoms with van der Waals surface area (Å²) in [5.74, 6) is -0.580. The lowest BCUT2D eigenvalue weighted by Crippen LogP contribution is -2.27. The van der Waals surface area contributed by atoms with Crippen LogP contribution in [0.1, 0.15) is 30.4 Å². The minimum absolute atomic E-state index is 0.226. The van der Waals surface area contributed by atoms with E-state index in [1.54, 1.807) is 0 Å². The van der Waals surface area contributed by atoms with Crippen molar-refractivity contribution in [2.45, 2.75) is 32.0 Å². The summed E-state index contributed by atoms with van der Waals surface area (Å²) in [6.45, 7) is 3.59. The van der Waals surface area contributed by atoms with Crippen molar-refractivity contribution in [1.29, 1.82) is 0 Å². The first-order valence-electron chi connectivity index (χ1n) is 6.23. The standard InChI is InChI=1S/C14H20O3/c1-12-4-6-13(7-5-12)14(8-2-3-9-15)16-10-11-17-14/h4-7,15H,2-3,8-11H2,1H3. The van der Waals surface area contributed by atoms with Crippen molar-refractivity contribution >= 4 is 0 Å². The molecule has 2 rings (SSSR count). The minimum Gasteiger partial charge on any atom is -0.396 e. The summed E-state index contributed by atoms with van der Waals surface area (Å²) in [6, 6.07) is 8.29. The highest BCUT2D eigenvalue weighted by Gasteiger charge is 2.37. The molecule has 0 saturated carbocycles. The lowest BCUT2D eigenvalue weighted by molar-refractivity contribution is -0.172. The topological polar surface area (TPSA) is 38.7 Å². The van der Waals surface area contributed by atoms with Gasteiger partial charge in [-0.3, -0.25) is 0 Å². The normalized spacial score (nSPS) is 18.5. The molecule has 0 atom stereocenters. The first-order valence-corrected chi connectivity index (χ1v) is 6.23. The molecule has 1 fully saturated rings. The zero-order valence-corrected chi connectivity index (χ0v) is 10.3. The van der Waals surface area contributed by atoms with Crippen molar-refractivity contribution in [2.75, 3.05) is 19.8 Å². The Bertz CT molecular complexity index is 339. The first kappa shape index (κ1) is 12.6. The molecule has 0 aromatic heterocycles. The molecule has 1 heterocycles. The quantitative estimate of drug-likeness (QED) is 0.798. The van der Waals surface area contributed by atoms with Crippen LogP contribution >= 0.6 is 0 Å². The van der Waals surface area contributed by atoms with Crippen LogP contribution in [0.5, 0.6) is 0 Å². The van der Waals surface area contributed by atoms with Crippen molar-refractivity contribution in [2.24, 2.45) is 0 Å². The first-order chi connectivity index (χ1) is 8.27. The van der Waals surface area contributed by atoms with E-state index in [0.717, 1.165) is 24.8 Å². The second-order valence-electron chi connectivity index (χ2n) is 4.50. The van der Waals surface area contributed by atoms with Crippen molar-refractivity contribution < 1.29 is 14.6 Å². The van der Waals surface area contributed by atoms with E-state index in [2.05, 4.69) is 31.2 Å². The van der Waals surface area contributed by atoms with Gasteiger partial charge in [0.25, 0.3) is 0 Å². The van der Waals surface area contributed by atoms with E-state index in [1.807, 2.05) is 0 Å². The average molecular weight is 236 g/mol.